The Bertz CT molecular complexity index is 3690. The molecular formula is C68H80ClN9O24. The monoisotopic (exact) mass is 1440 g/mol. The zero-order valence-corrected chi connectivity index (χ0v) is 57.5. The molecule has 2 fully saturated rings. The Morgan fingerprint density at radius 3 is 2.05 bits per heavy atom. The molecule has 0 aromatic heterocycles. The first-order chi connectivity index (χ1) is 48.6. The van der Waals surface area contributed by atoms with Gasteiger partial charge in [-0.05, 0) is 86.2 Å². The molecule has 3 aromatic carbocycles. The molecule has 3 aromatic rings. The van der Waals surface area contributed by atoms with E-state index < -0.39 is 134 Å². The van der Waals surface area contributed by atoms with Crippen molar-refractivity contribution in [2.75, 3.05) is 90.7 Å². The number of hydrogen-bond donors (Lipinski definition) is 4. The van der Waals surface area contributed by atoms with Crippen molar-refractivity contribution in [1.82, 2.24) is 35.1 Å². The Balaban J connectivity index is 0.971. The second kappa shape index (κ2) is 37.4. The summed E-state index contributed by atoms with van der Waals surface area (Å²) in [6.07, 6.45) is -7.00. The Hall–Kier alpha value is -11.1. The highest BCUT2D eigenvalue weighted by molar-refractivity contribution is 6.31. The third kappa shape index (κ3) is 23.0. The van der Waals surface area contributed by atoms with Crippen LogP contribution in [0.15, 0.2) is 105 Å². The Labute approximate surface area is 591 Å². The van der Waals surface area contributed by atoms with E-state index in [-0.39, 0.29) is 95.3 Å². The summed E-state index contributed by atoms with van der Waals surface area (Å²) >= 11 is 6.55. The molecule has 102 heavy (non-hydrogen) atoms. The van der Waals surface area contributed by atoms with Crippen molar-refractivity contribution in [2.45, 2.75) is 109 Å². The number of ether oxygens (including phenoxy) is 11. The number of fused-ring (bicyclic) bond motifs is 1. The summed E-state index contributed by atoms with van der Waals surface area (Å²) in [7, 11) is 2.89. The Morgan fingerprint density at radius 2 is 1.38 bits per heavy atom. The highest BCUT2D eigenvalue weighted by Crippen LogP contribution is 2.34. The molecule has 5 atom stereocenters. The number of likely N-dealkylation sites (tertiary alicyclic amines) is 1. The highest BCUT2D eigenvalue weighted by atomic mass is 35.5. The molecule has 548 valence electrons. The van der Waals surface area contributed by atoms with Gasteiger partial charge in [0, 0.05) is 94.5 Å². The third-order valence-corrected chi connectivity index (χ3v) is 15.5. The number of rotatable bonds is 32. The van der Waals surface area contributed by atoms with Crippen LogP contribution in [-0.4, -0.2) is 219 Å². The first kappa shape index (κ1) is 78.3. The molecule has 0 aliphatic carbocycles. The van der Waals surface area contributed by atoms with Gasteiger partial charge in [0.2, 0.25) is 30.1 Å². The smallest absolute Gasteiger partial charge is 0.459 e. The number of halogens is 1. The molecule has 0 spiro atoms. The summed E-state index contributed by atoms with van der Waals surface area (Å²) in [4.78, 5) is 175. The molecule has 2 saturated heterocycles. The topological polar surface area (TPSA) is 388 Å². The lowest BCUT2D eigenvalue weighted by atomic mass is 10.0. The van der Waals surface area contributed by atoms with Crippen LogP contribution < -0.4 is 26.0 Å². The zero-order chi connectivity index (χ0) is 74.2. The predicted molar refractivity (Wildman–Crippen MR) is 358 cm³/mol. The van der Waals surface area contributed by atoms with Crippen molar-refractivity contribution < 1.29 is 114 Å². The van der Waals surface area contributed by atoms with E-state index in [4.69, 9.17) is 63.7 Å². The summed E-state index contributed by atoms with van der Waals surface area (Å²) < 4.78 is 60.2. The van der Waals surface area contributed by atoms with Crippen LogP contribution in [0.2, 0.25) is 5.02 Å². The van der Waals surface area contributed by atoms with Gasteiger partial charge in [-0.15, -0.1) is 0 Å². The molecule has 4 N–H and O–H groups in total. The normalized spacial score (nSPS) is 17.6. The standard InChI is InChI=1S/C68H80ClN9O24/c1-9-28-93-65(89)99-51-39-96-61(58(101-67(91)95-30-11-3)57(51)100-66(90)94-29-10-2)98-50-18-13-42(34-48(50)73-53(80)22-25-70-52(79)23-26-76-54(81)20-21-55(76)82)38-97-63(87)75(8)40-78-56(83)19-17-49(60(78)85)77-37-44-33-41(12-16-46(44)59(77)84)36-71-62(86)72-45-15-14-43(47(69)35-45)24-31-92-32-27-74(7)64(88)102-68(4,5)6/h9-16,18,20-21,33-35,49,51,57-58,61H,1-3,17,19,22-32,36-40H2,4-8H3,(H,70,79)(H,73,80)(H2,71,72,86)/t49?,51-,57-,58+,61-/m0/s1. The van der Waals surface area contributed by atoms with Crippen molar-refractivity contribution in [3.05, 3.63) is 138 Å². The zero-order valence-electron chi connectivity index (χ0n) is 56.7. The number of nitrogens with zero attached hydrogens (tertiary/aromatic N) is 5. The van der Waals surface area contributed by atoms with E-state index in [9.17, 15) is 62.3 Å². The fourth-order valence-electron chi connectivity index (χ4n) is 10.2. The molecular weight excluding hydrogens is 1360 g/mol. The van der Waals surface area contributed by atoms with Gasteiger partial charge in [-0.3, -0.25) is 48.3 Å². The second-order valence-electron chi connectivity index (χ2n) is 24.0. The van der Waals surface area contributed by atoms with Crippen LogP contribution in [0.25, 0.3) is 0 Å². The third-order valence-electron chi connectivity index (χ3n) is 15.2. The van der Waals surface area contributed by atoms with E-state index in [2.05, 4.69) is 41.0 Å². The van der Waals surface area contributed by atoms with Crippen molar-refractivity contribution in [2.24, 2.45) is 0 Å². The van der Waals surface area contributed by atoms with Crippen LogP contribution in [0, 0.1) is 0 Å². The minimum absolute atomic E-state index is 0.00357. The van der Waals surface area contributed by atoms with Gasteiger partial charge >= 0.3 is 36.7 Å². The van der Waals surface area contributed by atoms with Crippen molar-refractivity contribution in [3.63, 3.8) is 0 Å². The number of nitrogens with one attached hydrogen (secondary N) is 4. The molecule has 4 heterocycles. The summed E-state index contributed by atoms with van der Waals surface area (Å²) in [5.74, 6) is -4.59. The van der Waals surface area contributed by atoms with E-state index in [0.29, 0.717) is 47.0 Å². The summed E-state index contributed by atoms with van der Waals surface area (Å²) in [5.41, 5.74) is 2.14. The number of likely N-dealkylation sites (N-methyl/N-ethyl adjacent to an activating group) is 1. The number of amides is 11. The largest absolute Gasteiger partial charge is 0.509 e. The van der Waals surface area contributed by atoms with E-state index in [1.54, 1.807) is 64.2 Å². The lowest BCUT2D eigenvalue weighted by molar-refractivity contribution is -0.248. The average molecular weight is 1440 g/mol. The van der Waals surface area contributed by atoms with Crippen molar-refractivity contribution >= 4 is 101 Å². The van der Waals surface area contributed by atoms with Gasteiger partial charge in [0.15, 0.2) is 12.2 Å². The molecule has 33 nitrogen and oxygen atoms in total. The van der Waals surface area contributed by atoms with Crippen LogP contribution >= 0.6 is 11.6 Å². The van der Waals surface area contributed by atoms with E-state index in [1.807, 2.05) is 0 Å². The molecule has 11 amide bonds. The first-order valence-corrected chi connectivity index (χ1v) is 32.4. The minimum atomic E-state index is -1.87. The van der Waals surface area contributed by atoms with Crippen LogP contribution in [-0.2, 0) is 102 Å². The number of imide groups is 2. The van der Waals surface area contributed by atoms with Crippen molar-refractivity contribution in [1.29, 1.82) is 0 Å². The van der Waals surface area contributed by atoms with Crippen LogP contribution in [0.3, 0.4) is 0 Å². The summed E-state index contributed by atoms with van der Waals surface area (Å²) in [5, 5.41) is 11.1. The van der Waals surface area contributed by atoms with Gasteiger partial charge in [-0.1, -0.05) is 73.8 Å². The van der Waals surface area contributed by atoms with Gasteiger partial charge in [0.05, 0.1) is 25.5 Å². The molecule has 0 radical (unpaired) electrons. The number of carbonyl (C=O) groups is 13. The van der Waals surface area contributed by atoms with Gasteiger partial charge in [0.1, 0.15) is 50.5 Å². The number of urea groups is 1. The molecule has 0 bridgehead atoms. The second-order valence-corrected chi connectivity index (χ2v) is 24.4. The molecule has 7 rings (SSSR count). The number of anilines is 2. The van der Waals surface area contributed by atoms with Crippen LogP contribution in [0.4, 0.5) is 40.1 Å². The van der Waals surface area contributed by atoms with Gasteiger partial charge in [-0.2, -0.15) is 0 Å². The molecule has 0 saturated carbocycles. The maximum Gasteiger partial charge on any atom is 0.509 e. The summed E-state index contributed by atoms with van der Waals surface area (Å²) in [6.45, 7) is 13.6. The molecule has 4 aliphatic rings. The lowest BCUT2D eigenvalue weighted by Gasteiger charge is -2.39. The SMILES string of the molecule is C=CCOC(=O)O[C@@H]1[C@@H](OC(=O)OCC=C)[C@H](Oc2ccc(COC(=O)N(C)CN3C(=O)CCC(N4Cc5cc(CNC(=O)Nc6ccc(CCOCCN(C)C(=O)OC(C)(C)C)c(Cl)c6)ccc5C4=O)C3=O)cc2NC(=O)CCNC(=O)CCN2C(=O)C=CC2=O)OC[C@@H]1OC(=O)OCC=C. The van der Waals surface area contributed by atoms with E-state index >= 15 is 0 Å². The predicted octanol–water partition coefficient (Wildman–Crippen LogP) is 6.41. The number of carbonyl (C=O) groups excluding carboxylic acids is 13. The average Bonchev–Trinajstić information content (AvgIpc) is 1.54. The number of hydrogen-bond acceptors (Lipinski definition) is 24. The van der Waals surface area contributed by atoms with E-state index in [0.717, 1.165) is 32.4 Å². The molecule has 4 aliphatic heterocycles. The number of piperidine rings is 1. The fourth-order valence-corrected chi connectivity index (χ4v) is 10.4. The van der Waals surface area contributed by atoms with Crippen LogP contribution in [0.5, 0.6) is 5.75 Å². The fraction of sp³-hybridized carbons (Fsp3) is 0.426. The maximum atomic E-state index is 14.2. The van der Waals surface area contributed by atoms with Gasteiger partial charge in [0.25, 0.3) is 23.6 Å². The Kier molecular flexibility index (Phi) is 28.7. The molecule has 1 unspecified atom stereocenters. The van der Waals surface area contributed by atoms with E-state index in [1.165, 1.54) is 53.3 Å². The van der Waals surface area contributed by atoms with Crippen LogP contribution in [0.1, 0.15) is 79.1 Å². The van der Waals surface area contributed by atoms with Gasteiger partial charge < -0.3 is 83.2 Å². The summed E-state index contributed by atoms with van der Waals surface area (Å²) in [6, 6.07) is 12.4. The number of benzene rings is 3. The maximum absolute atomic E-state index is 14.2. The minimum Gasteiger partial charge on any atom is -0.459 e. The lowest BCUT2D eigenvalue weighted by Crippen LogP contribution is -2.59. The van der Waals surface area contributed by atoms with Crippen molar-refractivity contribution in [3.8, 4) is 5.75 Å². The molecule has 34 heteroatoms. The Morgan fingerprint density at radius 1 is 0.716 bits per heavy atom. The quantitative estimate of drug-likeness (QED) is 0.0172. The first-order valence-electron chi connectivity index (χ1n) is 32.0. The highest BCUT2D eigenvalue weighted by Gasteiger charge is 2.51. The van der Waals surface area contributed by atoms with Gasteiger partial charge in [-0.25, -0.2) is 28.8 Å².